The lowest BCUT2D eigenvalue weighted by Gasteiger charge is -2.39. The first-order valence-electron chi connectivity index (χ1n) is 11.5. The van der Waals surface area contributed by atoms with Crippen LogP contribution in [0.15, 0.2) is 42.5 Å². The molecule has 0 radical (unpaired) electrons. The summed E-state index contributed by atoms with van der Waals surface area (Å²) >= 11 is 0. The topological polar surface area (TPSA) is 99.1 Å². The second-order valence-corrected chi connectivity index (χ2v) is 9.97. The van der Waals surface area contributed by atoms with E-state index >= 15 is 0 Å². The summed E-state index contributed by atoms with van der Waals surface area (Å²) in [6.45, 7) is 8.19. The largest absolute Gasteiger partial charge is 0.481 e. The molecule has 8 heteroatoms. The second kappa shape index (κ2) is 10.0. The van der Waals surface area contributed by atoms with Crippen LogP contribution in [0.2, 0.25) is 0 Å². The van der Waals surface area contributed by atoms with Crippen LogP contribution in [0.3, 0.4) is 0 Å². The molecule has 3 rings (SSSR count). The number of carbonyl (C=O) groups is 2. The molecule has 2 aromatic carbocycles. The Bertz CT molecular complexity index is 1030. The number of hydrogen-bond donors (Lipinski definition) is 3. The summed E-state index contributed by atoms with van der Waals surface area (Å²) in [6, 6.07) is 10.1. The van der Waals surface area contributed by atoms with Crippen LogP contribution in [0.25, 0.3) is 0 Å². The van der Waals surface area contributed by atoms with Gasteiger partial charge in [-0.2, -0.15) is 0 Å². The monoisotopic (exact) mass is 472 g/mol. The Morgan fingerprint density at radius 3 is 2.29 bits per heavy atom. The Hall–Kier alpha value is -3.13. The number of hydrogen-bond acceptors (Lipinski definition) is 4. The summed E-state index contributed by atoms with van der Waals surface area (Å²) in [4.78, 5) is 25.7. The Morgan fingerprint density at radius 1 is 1.12 bits per heavy atom. The second-order valence-electron chi connectivity index (χ2n) is 9.97. The van der Waals surface area contributed by atoms with Crippen LogP contribution in [-0.2, 0) is 10.2 Å². The first-order chi connectivity index (χ1) is 15.9. The van der Waals surface area contributed by atoms with Gasteiger partial charge >= 0.3 is 12.0 Å². The van der Waals surface area contributed by atoms with E-state index < -0.39 is 22.8 Å². The molecule has 1 aliphatic rings. The van der Waals surface area contributed by atoms with E-state index in [9.17, 15) is 24.2 Å². The molecule has 1 heterocycles. The quantitative estimate of drug-likeness (QED) is 0.502. The molecule has 0 spiro atoms. The number of aliphatic carboxylic acids is 1. The van der Waals surface area contributed by atoms with Crippen molar-refractivity contribution in [2.24, 2.45) is 5.92 Å². The van der Waals surface area contributed by atoms with Crippen LogP contribution < -0.4 is 10.1 Å². The van der Waals surface area contributed by atoms with Gasteiger partial charge in [-0.05, 0) is 62.8 Å². The molecule has 1 saturated heterocycles. The molecular weight excluding hydrogens is 439 g/mol. The first-order valence-corrected chi connectivity index (χ1v) is 11.5. The molecule has 34 heavy (non-hydrogen) atoms. The zero-order valence-electron chi connectivity index (χ0n) is 20.1. The van der Waals surface area contributed by atoms with E-state index in [4.69, 9.17) is 4.74 Å². The van der Waals surface area contributed by atoms with Crippen molar-refractivity contribution >= 4 is 17.7 Å². The number of benzene rings is 2. The van der Waals surface area contributed by atoms with Crippen LogP contribution in [0.4, 0.5) is 14.9 Å². The van der Waals surface area contributed by atoms with Gasteiger partial charge in [-0.1, -0.05) is 26.0 Å². The van der Waals surface area contributed by atoms with E-state index in [1.165, 1.54) is 18.2 Å². The van der Waals surface area contributed by atoms with Gasteiger partial charge < -0.3 is 25.2 Å². The summed E-state index contributed by atoms with van der Waals surface area (Å²) in [5, 5.41) is 22.8. The van der Waals surface area contributed by atoms with Crippen molar-refractivity contribution in [1.29, 1.82) is 0 Å². The van der Waals surface area contributed by atoms with Crippen molar-refractivity contribution in [1.82, 2.24) is 4.90 Å². The Morgan fingerprint density at radius 2 is 1.74 bits per heavy atom. The molecule has 0 bridgehead atoms. The highest BCUT2D eigenvalue weighted by molar-refractivity contribution is 5.89. The molecule has 1 fully saturated rings. The van der Waals surface area contributed by atoms with Gasteiger partial charge in [-0.15, -0.1) is 0 Å². The number of likely N-dealkylation sites (tertiary alicyclic amines) is 1. The van der Waals surface area contributed by atoms with Gasteiger partial charge in [0.05, 0.1) is 11.0 Å². The van der Waals surface area contributed by atoms with Gasteiger partial charge in [0.15, 0.2) is 0 Å². The molecule has 0 saturated carbocycles. The molecule has 0 aromatic heterocycles. The van der Waals surface area contributed by atoms with Gasteiger partial charge in [-0.3, -0.25) is 4.79 Å². The van der Waals surface area contributed by atoms with Crippen LogP contribution >= 0.6 is 0 Å². The van der Waals surface area contributed by atoms with Crippen molar-refractivity contribution in [3.05, 3.63) is 53.8 Å². The van der Waals surface area contributed by atoms with Crippen LogP contribution in [0.1, 0.15) is 52.5 Å². The Balaban J connectivity index is 1.64. The maximum atomic E-state index is 14.2. The highest BCUT2D eigenvalue weighted by Crippen LogP contribution is 2.31. The minimum Gasteiger partial charge on any atom is -0.481 e. The fourth-order valence-corrected chi connectivity index (χ4v) is 4.19. The number of rotatable bonds is 7. The zero-order chi connectivity index (χ0) is 25.1. The number of halogens is 1. The third-order valence-electron chi connectivity index (χ3n) is 6.24. The van der Waals surface area contributed by atoms with E-state index in [1.54, 1.807) is 43.0 Å². The molecule has 2 aromatic rings. The van der Waals surface area contributed by atoms with E-state index in [0.29, 0.717) is 49.6 Å². The number of anilines is 1. The fourth-order valence-electron chi connectivity index (χ4n) is 4.19. The number of amides is 2. The van der Waals surface area contributed by atoms with Gasteiger partial charge in [0.1, 0.15) is 17.3 Å². The number of carbonyl (C=O) groups excluding carboxylic acids is 1. The predicted molar refractivity (Wildman–Crippen MR) is 128 cm³/mol. The number of aliphatic hydroxyl groups is 1. The standard InChI is InChI=1S/C26H33FN2O5/c1-17(2)16-26(33)9-11-29(12-10-26)24(32)28-20-13-19(27)14-22(15-20)34-21-7-5-18(6-8-21)25(3,4)23(30)31/h5-8,13-15,17,33H,9-12,16H2,1-4H3,(H,28,32)(H,30,31). The summed E-state index contributed by atoms with van der Waals surface area (Å²) in [7, 11) is 0. The van der Waals surface area contributed by atoms with Crippen molar-refractivity contribution in [3.8, 4) is 11.5 Å². The molecular formula is C26H33FN2O5. The number of nitrogens with one attached hydrogen (secondary N) is 1. The zero-order valence-corrected chi connectivity index (χ0v) is 20.1. The minimum absolute atomic E-state index is 0.200. The third kappa shape index (κ3) is 6.26. The number of urea groups is 1. The summed E-state index contributed by atoms with van der Waals surface area (Å²) in [5.41, 5.74) is -0.929. The molecule has 2 amide bonds. The molecule has 0 atom stereocenters. The lowest BCUT2D eigenvalue weighted by molar-refractivity contribution is -0.142. The third-order valence-corrected chi connectivity index (χ3v) is 6.24. The smallest absolute Gasteiger partial charge is 0.321 e. The minimum atomic E-state index is -1.05. The van der Waals surface area contributed by atoms with Gasteiger partial charge in [0.2, 0.25) is 0 Å². The lowest BCUT2D eigenvalue weighted by atomic mass is 9.84. The van der Waals surface area contributed by atoms with Crippen LogP contribution in [-0.4, -0.2) is 45.8 Å². The first kappa shape index (κ1) is 25.5. The van der Waals surface area contributed by atoms with Crippen molar-refractivity contribution in [2.45, 2.75) is 58.0 Å². The number of carboxylic acid groups (broad SMARTS) is 1. The summed E-state index contributed by atoms with van der Waals surface area (Å²) in [6.07, 6.45) is 1.71. The van der Waals surface area contributed by atoms with Crippen molar-refractivity contribution in [3.63, 3.8) is 0 Å². The van der Waals surface area contributed by atoms with E-state index in [-0.39, 0.29) is 17.5 Å². The molecule has 0 unspecified atom stereocenters. The molecule has 184 valence electrons. The van der Waals surface area contributed by atoms with Crippen molar-refractivity contribution < 1.29 is 28.9 Å². The van der Waals surface area contributed by atoms with Gasteiger partial charge in [-0.25, -0.2) is 9.18 Å². The molecule has 0 aliphatic carbocycles. The Kier molecular flexibility index (Phi) is 7.51. The SMILES string of the molecule is CC(C)CC1(O)CCN(C(=O)Nc2cc(F)cc(Oc3ccc(C(C)(C)C(=O)O)cc3)c2)CC1. The maximum Gasteiger partial charge on any atom is 0.321 e. The number of nitrogens with zero attached hydrogens (tertiary/aromatic N) is 1. The predicted octanol–water partition coefficient (Wildman–Crippen LogP) is 5.39. The van der Waals surface area contributed by atoms with Crippen LogP contribution in [0, 0.1) is 11.7 Å². The molecule has 7 nitrogen and oxygen atoms in total. The van der Waals surface area contributed by atoms with E-state index in [0.717, 1.165) is 0 Å². The number of ether oxygens (including phenoxy) is 1. The normalized spacial score (nSPS) is 15.8. The molecule has 1 aliphatic heterocycles. The van der Waals surface area contributed by atoms with Crippen LogP contribution in [0.5, 0.6) is 11.5 Å². The highest BCUT2D eigenvalue weighted by Gasteiger charge is 2.34. The average molecular weight is 473 g/mol. The Labute approximate surface area is 199 Å². The summed E-state index contributed by atoms with van der Waals surface area (Å²) in [5.74, 6) is -0.527. The molecule has 3 N–H and O–H groups in total. The van der Waals surface area contributed by atoms with Gasteiger partial charge in [0.25, 0.3) is 0 Å². The highest BCUT2D eigenvalue weighted by atomic mass is 19.1. The number of piperidine rings is 1. The summed E-state index contributed by atoms with van der Waals surface area (Å²) < 4.78 is 19.9. The van der Waals surface area contributed by atoms with Gasteiger partial charge in [0, 0.05) is 30.9 Å². The van der Waals surface area contributed by atoms with E-state index in [1.807, 2.05) is 0 Å². The maximum absolute atomic E-state index is 14.2. The average Bonchev–Trinajstić information content (AvgIpc) is 2.73. The van der Waals surface area contributed by atoms with E-state index in [2.05, 4.69) is 19.2 Å². The fraction of sp³-hybridized carbons (Fsp3) is 0.462. The number of carboxylic acids is 1. The van der Waals surface area contributed by atoms with Crippen molar-refractivity contribution in [2.75, 3.05) is 18.4 Å². The lowest BCUT2D eigenvalue weighted by Crippen LogP contribution is -2.48.